The Morgan fingerprint density at radius 2 is 1.95 bits per heavy atom. The molecule has 0 atom stereocenters. The molecular weight excluding hydrogens is 288 g/mol. The predicted octanol–water partition coefficient (Wildman–Crippen LogP) is 2.03. The van der Waals surface area contributed by atoms with Gasteiger partial charge in [-0.05, 0) is 11.6 Å². The van der Waals surface area contributed by atoms with E-state index in [-0.39, 0.29) is 5.03 Å². The Labute approximate surface area is 116 Å². The lowest BCUT2D eigenvalue weighted by atomic mass is 10.2. The highest BCUT2D eigenvalue weighted by Gasteiger charge is 2.13. The Bertz CT molecular complexity index is 625. The molecule has 0 saturated carbocycles. The number of hydrogen-bond donors (Lipinski definition) is 0. The van der Waals surface area contributed by atoms with Crippen molar-refractivity contribution in [2.75, 3.05) is 6.61 Å². The van der Waals surface area contributed by atoms with Gasteiger partial charge in [-0.3, -0.25) is 4.68 Å². The number of aromatic nitrogens is 2. The first kappa shape index (κ1) is 14.0. The van der Waals surface area contributed by atoms with Crippen LogP contribution in [0.2, 0.25) is 0 Å². The predicted molar refractivity (Wildman–Crippen MR) is 71.4 cm³/mol. The van der Waals surface area contributed by atoms with E-state index in [1.165, 1.54) is 10.7 Å². The van der Waals surface area contributed by atoms with E-state index in [0.717, 1.165) is 5.56 Å². The first-order valence-corrected chi connectivity index (χ1v) is 7.96. The molecule has 0 saturated heterocycles. The zero-order valence-corrected chi connectivity index (χ0v) is 11.6. The topological polar surface area (TPSA) is 61.2 Å². The van der Waals surface area contributed by atoms with Gasteiger partial charge in [0.15, 0.2) is 5.03 Å². The van der Waals surface area contributed by atoms with E-state index >= 15 is 0 Å². The quantitative estimate of drug-likeness (QED) is 0.605. The number of halogens is 1. The van der Waals surface area contributed by atoms with E-state index in [1.807, 2.05) is 30.3 Å². The van der Waals surface area contributed by atoms with Crippen molar-refractivity contribution in [3.63, 3.8) is 0 Å². The lowest BCUT2D eigenvalue weighted by Crippen LogP contribution is -2.07. The van der Waals surface area contributed by atoms with Crippen molar-refractivity contribution < 1.29 is 13.2 Å². The first-order chi connectivity index (χ1) is 9.05. The molecule has 0 aliphatic rings. The van der Waals surface area contributed by atoms with Crippen LogP contribution in [0.3, 0.4) is 0 Å². The number of hydrogen-bond acceptors (Lipinski definition) is 4. The highest BCUT2D eigenvalue weighted by molar-refractivity contribution is 8.13. The monoisotopic (exact) mass is 300 g/mol. The average Bonchev–Trinajstić information content (AvgIpc) is 2.85. The molecule has 0 radical (unpaired) electrons. The van der Waals surface area contributed by atoms with Gasteiger partial charge >= 0.3 is 0 Å². The molecule has 0 amide bonds. The second kappa shape index (κ2) is 6.18. The third kappa shape index (κ3) is 4.34. The molecule has 1 heterocycles. The fourth-order valence-corrected chi connectivity index (χ4v) is 2.19. The number of rotatable bonds is 6. The summed E-state index contributed by atoms with van der Waals surface area (Å²) < 4.78 is 29.0. The first-order valence-electron chi connectivity index (χ1n) is 5.65. The van der Waals surface area contributed by atoms with E-state index in [9.17, 15) is 8.42 Å². The Morgan fingerprint density at radius 1 is 1.21 bits per heavy atom. The molecule has 2 aromatic rings. The summed E-state index contributed by atoms with van der Waals surface area (Å²) in [4.78, 5) is 0. The molecule has 7 heteroatoms. The minimum Gasteiger partial charge on any atom is -0.375 e. The molecule has 1 aromatic heterocycles. The van der Waals surface area contributed by atoms with Crippen molar-refractivity contribution in [3.8, 4) is 0 Å². The highest BCUT2D eigenvalue weighted by atomic mass is 35.7. The molecule has 2 rings (SSSR count). The van der Waals surface area contributed by atoms with Crippen molar-refractivity contribution in [3.05, 3.63) is 48.2 Å². The lowest BCUT2D eigenvalue weighted by molar-refractivity contribution is 0.110. The minimum atomic E-state index is -3.76. The van der Waals surface area contributed by atoms with E-state index in [2.05, 4.69) is 5.10 Å². The Hall–Kier alpha value is -1.37. The second-order valence-electron chi connectivity index (χ2n) is 3.89. The molecule has 0 bridgehead atoms. The SMILES string of the molecule is O=S(=O)(Cl)c1ccn(CCOCc2ccccc2)n1. The van der Waals surface area contributed by atoms with Crippen LogP contribution < -0.4 is 0 Å². The summed E-state index contributed by atoms with van der Waals surface area (Å²) in [5.41, 5.74) is 1.09. The summed E-state index contributed by atoms with van der Waals surface area (Å²) in [7, 11) is 1.42. The minimum absolute atomic E-state index is 0.141. The molecule has 19 heavy (non-hydrogen) atoms. The maximum atomic E-state index is 11.0. The van der Waals surface area contributed by atoms with Crippen molar-refractivity contribution >= 4 is 19.7 Å². The van der Waals surface area contributed by atoms with Crippen molar-refractivity contribution in [1.29, 1.82) is 0 Å². The summed E-state index contributed by atoms with van der Waals surface area (Å²) in [6.45, 7) is 1.43. The van der Waals surface area contributed by atoms with Gasteiger partial charge in [-0.2, -0.15) is 5.10 Å². The Kier molecular flexibility index (Phi) is 4.57. The Balaban J connectivity index is 1.79. The van der Waals surface area contributed by atoms with Crippen LogP contribution in [0, 0.1) is 0 Å². The molecule has 0 spiro atoms. The van der Waals surface area contributed by atoms with Gasteiger partial charge in [0.1, 0.15) is 0 Å². The zero-order valence-electron chi connectivity index (χ0n) is 10.1. The van der Waals surface area contributed by atoms with Gasteiger partial charge in [0.25, 0.3) is 9.05 Å². The largest absolute Gasteiger partial charge is 0.375 e. The second-order valence-corrected chi connectivity index (χ2v) is 6.41. The number of ether oxygens (including phenoxy) is 1. The molecule has 0 fully saturated rings. The third-order valence-corrected chi connectivity index (χ3v) is 3.63. The molecule has 0 aliphatic heterocycles. The summed E-state index contributed by atoms with van der Waals surface area (Å²) in [5.74, 6) is 0. The molecule has 102 valence electrons. The van der Waals surface area contributed by atoms with Gasteiger partial charge in [-0.15, -0.1) is 0 Å². The van der Waals surface area contributed by atoms with Crippen LogP contribution in [-0.4, -0.2) is 24.8 Å². The molecule has 1 aromatic carbocycles. The van der Waals surface area contributed by atoms with Crippen LogP contribution in [0.1, 0.15) is 5.56 Å². The van der Waals surface area contributed by atoms with Crippen molar-refractivity contribution in [2.45, 2.75) is 18.2 Å². The van der Waals surface area contributed by atoms with Crippen LogP contribution in [0.5, 0.6) is 0 Å². The van der Waals surface area contributed by atoms with Gasteiger partial charge in [0, 0.05) is 16.9 Å². The maximum Gasteiger partial charge on any atom is 0.280 e. The van der Waals surface area contributed by atoms with E-state index in [0.29, 0.717) is 19.8 Å². The molecule has 0 aliphatic carbocycles. The summed E-state index contributed by atoms with van der Waals surface area (Å²) in [6.07, 6.45) is 1.56. The van der Waals surface area contributed by atoms with Gasteiger partial charge in [-0.25, -0.2) is 8.42 Å². The maximum absolute atomic E-state index is 11.0. The molecule has 0 N–H and O–H groups in total. The lowest BCUT2D eigenvalue weighted by Gasteiger charge is -2.04. The van der Waals surface area contributed by atoms with Crippen molar-refractivity contribution in [2.24, 2.45) is 0 Å². The number of nitrogens with zero attached hydrogens (tertiary/aromatic N) is 2. The van der Waals surface area contributed by atoms with Crippen molar-refractivity contribution in [1.82, 2.24) is 9.78 Å². The highest BCUT2D eigenvalue weighted by Crippen LogP contribution is 2.11. The third-order valence-electron chi connectivity index (χ3n) is 2.44. The normalized spacial score (nSPS) is 11.6. The van der Waals surface area contributed by atoms with E-state index < -0.39 is 9.05 Å². The van der Waals surface area contributed by atoms with Crippen LogP contribution in [0.25, 0.3) is 0 Å². The zero-order chi connectivity index (χ0) is 13.7. The summed E-state index contributed by atoms with van der Waals surface area (Å²) in [6, 6.07) is 11.2. The standard InChI is InChI=1S/C12H13ClN2O3S/c13-19(16,17)12-6-7-15(14-12)8-9-18-10-11-4-2-1-3-5-11/h1-7H,8-10H2. The fraction of sp³-hybridized carbons (Fsp3) is 0.250. The fourth-order valence-electron chi connectivity index (χ4n) is 1.52. The van der Waals surface area contributed by atoms with E-state index in [4.69, 9.17) is 15.4 Å². The van der Waals surface area contributed by atoms with Crippen LogP contribution in [0.4, 0.5) is 0 Å². The van der Waals surface area contributed by atoms with Gasteiger partial charge in [-0.1, -0.05) is 30.3 Å². The molecule has 0 unspecified atom stereocenters. The van der Waals surface area contributed by atoms with Crippen LogP contribution >= 0.6 is 10.7 Å². The summed E-state index contributed by atoms with van der Waals surface area (Å²) >= 11 is 0. The van der Waals surface area contributed by atoms with Gasteiger partial charge in [0.2, 0.25) is 0 Å². The smallest absolute Gasteiger partial charge is 0.280 e. The van der Waals surface area contributed by atoms with Crippen LogP contribution in [-0.2, 0) is 26.9 Å². The molecular formula is C12H13ClN2O3S. The van der Waals surface area contributed by atoms with Gasteiger partial charge < -0.3 is 4.74 Å². The summed E-state index contributed by atoms with van der Waals surface area (Å²) in [5, 5.41) is 3.70. The van der Waals surface area contributed by atoms with E-state index in [1.54, 1.807) is 6.20 Å². The Morgan fingerprint density at radius 3 is 2.58 bits per heavy atom. The van der Waals surface area contributed by atoms with Gasteiger partial charge in [0.05, 0.1) is 19.8 Å². The average molecular weight is 301 g/mol. The number of benzene rings is 1. The molecule has 5 nitrogen and oxygen atoms in total. The van der Waals surface area contributed by atoms with Crippen LogP contribution in [0.15, 0.2) is 47.6 Å².